The van der Waals surface area contributed by atoms with Gasteiger partial charge in [-0.25, -0.2) is 17.9 Å². The number of carboxylic acids is 1. The summed E-state index contributed by atoms with van der Waals surface area (Å²) in [6.45, 7) is 0.752. The molecule has 0 radical (unpaired) electrons. The number of aliphatic hydroxyl groups excluding tert-OH is 1. The first kappa shape index (κ1) is 20.4. The quantitative estimate of drug-likeness (QED) is 0.477. The molecule has 1 aliphatic heterocycles. The van der Waals surface area contributed by atoms with Crippen molar-refractivity contribution in [3.63, 3.8) is 0 Å². The Morgan fingerprint density at radius 2 is 1.91 bits per heavy atom. The summed E-state index contributed by atoms with van der Waals surface area (Å²) < 4.78 is 30.9. The molecule has 2 aliphatic rings. The molecule has 2 fully saturated rings. The number of sulfonamides is 1. The van der Waals surface area contributed by atoms with Crippen LogP contribution in [0.5, 0.6) is 0 Å². The molecule has 1 saturated carbocycles. The third-order valence-corrected chi connectivity index (χ3v) is 7.03. The van der Waals surface area contributed by atoms with Crippen LogP contribution >= 0.6 is 0 Å². The maximum absolute atomic E-state index is 13.5. The second-order valence-electron chi connectivity index (χ2n) is 7.95. The zero-order chi connectivity index (χ0) is 22.5. The minimum absolute atomic E-state index is 0.0395. The lowest BCUT2D eigenvalue weighted by atomic mass is 10.1. The van der Waals surface area contributed by atoms with Crippen molar-refractivity contribution in [3.05, 3.63) is 53.9 Å². The molecule has 1 aliphatic carbocycles. The predicted molar refractivity (Wildman–Crippen MR) is 114 cm³/mol. The average Bonchev–Trinajstić information content (AvgIpc) is 3.44. The van der Waals surface area contributed by atoms with E-state index >= 15 is 0 Å². The Balaban J connectivity index is 1.57. The monoisotopic (exact) mass is 456 g/mol. The van der Waals surface area contributed by atoms with Gasteiger partial charge < -0.3 is 15.1 Å². The largest absolute Gasteiger partial charge is 0.478 e. The highest BCUT2D eigenvalue weighted by Gasteiger charge is 2.33. The molecular formula is C20H20N6O5S. The van der Waals surface area contributed by atoms with Crippen molar-refractivity contribution in [2.24, 2.45) is 0 Å². The Morgan fingerprint density at radius 1 is 1.12 bits per heavy atom. The SMILES string of the molecule is O=C(O)c1ccc(C2CC2)c(S(=O)(=O)Nc2cc(-n3cnnn3)ccc2N2CC(O)C2)c1. The first-order valence-corrected chi connectivity index (χ1v) is 11.5. The number of aromatic carboxylic acids is 1. The van der Waals surface area contributed by atoms with Crippen LogP contribution in [-0.4, -0.2) is 64.0 Å². The molecule has 0 unspecified atom stereocenters. The van der Waals surface area contributed by atoms with Crippen LogP contribution in [-0.2, 0) is 10.0 Å². The van der Waals surface area contributed by atoms with Gasteiger partial charge in [-0.2, -0.15) is 0 Å². The number of aliphatic hydroxyl groups is 1. The van der Waals surface area contributed by atoms with E-state index in [0.717, 1.165) is 12.8 Å². The molecule has 166 valence electrons. The number of β-amino-alcohol motifs (C(OH)–C–C–N with tert-alkyl or cyclic N) is 1. The Hall–Kier alpha value is -3.51. The Kier molecular flexibility index (Phi) is 4.82. The molecule has 0 bridgehead atoms. The Bertz CT molecular complexity index is 1280. The average molecular weight is 456 g/mol. The number of nitrogens with one attached hydrogen (secondary N) is 1. The molecule has 0 atom stereocenters. The highest BCUT2D eigenvalue weighted by atomic mass is 32.2. The summed E-state index contributed by atoms with van der Waals surface area (Å²) in [4.78, 5) is 13.3. The van der Waals surface area contributed by atoms with Crippen molar-refractivity contribution >= 4 is 27.4 Å². The fraction of sp³-hybridized carbons (Fsp3) is 0.300. The van der Waals surface area contributed by atoms with Gasteiger partial charge in [-0.1, -0.05) is 6.07 Å². The van der Waals surface area contributed by atoms with Gasteiger partial charge in [0.2, 0.25) is 0 Å². The topological polar surface area (TPSA) is 151 Å². The molecule has 0 amide bonds. The van der Waals surface area contributed by atoms with Gasteiger partial charge in [-0.3, -0.25) is 4.72 Å². The summed E-state index contributed by atoms with van der Waals surface area (Å²) in [6, 6.07) is 9.30. The Morgan fingerprint density at radius 3 is 2.53 bits per heavy atom. The maximum atomic E-state index is 13.5. The van der Waals surface area contributed by atoms with E-state index in [0.29, 0.717) is 30.0 Å². The van der Waals surface area contributed by atoms with E-state index in [1.165, 1.54) is 23.1 Å². The molecule has 2 heterocycles. The summed E-state index contributed by atoms with van der Waals surface area (Å²) in [5.41, 5.74) is 1.94. The van der Waals surface area contributed by atoms with E-state index in [2.05, 4.69) is 20.2 Å². The second kappa shape index (κ2) is 7.57. The van der Waals surface area contributed by atoms with Gasteiger partial charge in [-0.15, -0.1) is 5.10 Å². The molecule has 3 N–H and O–H groups in total. The number of anilines is 2. The minimum atomic E-state index is -4.11. The first-order valence-electron chi connectivity index (χ1n) is 10.0. The standard InChI is InChI=1S/C20H20N6O5S/c27-15-9-25(10-15)18-6-4-14(26-11-21-23-24-26)8-17(18)22-32(30,31)19-7-13(20(28)29)3-5-16(19)12-1-2-12/h3-8,11-12,15,22,27H,1-2,9-10H2,(H,28,29). The van der Waals surface area contributed by atoms with Crippen molar-refractivity contribution in [2.45, 2.75) is 29.8 Å². The zero-order valence-corrected chi connectivity index (χ0v) is 17.6. The van der Waals surface area contributed by atoms with E-state index in [1.807, 2.05) is 4.90 Å². The van der Waals surface area contributed by atoms with Crippen LogP contribution in [0, 0.1) is 0 Å². The smallest absolute Gasteiger partial charge is 0.335 e. The number of carbonyl (C=O) groups is 1. The minimum Gasteiger partial charge on any atom is -0.478 e. The zero-order valence-electron chi connectivity index (χ0n) is 16.8. The van der Waals surface area contributed by atoms with Crippen LogP contribution in [0.4, 0.5) is 11.4 Å². The molecule has 12 heteroatoms. The van der Waals surface area contributed by atoms with Crippen LogP contribution in [0.15, 0.2) is 47.6 Å². The molecule has 0 spiro atoms. The van der Waals surface area contributed by atoms with Crippen molar-refractivity contribution in [1.82, 2.24) is 20.2 Å². The van der Waals surface area contributed by atoms with Gasteiger partial charge in [0.1, 0.15) is 6.33 Å². The van der Waals surface area contributed by atoms with E-state index in [9.17, 15) is 23.4 Å². The van der Waals surface area contributed by atoms with Gasteiger partial charge in [0, 0.05) is 13.1 Å². The lowest BCUT2D eigenvalue weighted by molar-refractivity contribution is 0.0696. The van der Waals surface area contributed by atoms with E-state index in [4.69, 9.17) is 0 Å². The molecular weight excluding hydrogens is 436 g/mol. The predicted octanol–water partition coefficient (Wildman–Crippen LogP) is 1.22. The second-order valence-corrected chi connectivity index (χ2v) is 9.60. The van der Waals surface area contributed by atoms with Crippen LogP contribution in [0.3, 0.4) is 0 Å². The number of hydrogen-bond donors (Lipinski definition) is 3. The fourth-order valence-electron chi connectivity index (χ4n) is 3.79. The molecule has 5 rings (SSSR count). The van der Waals surface area contributed by atoms with E-state index in [1.54, 1.807) is 24.3 Å². The number of rotatable bonds is 7. The summed E-state index contributed by atoms with van der Waals surface area (Å²) in [5.74, 6) is -1.10. The van der Waals surface area contributed by atoms with Gasteiger partial charge >= 0.3 is 5.97 Å². The molecule has 11 nitrogen and oxygen atoms in total. The highest BCUT2D eigenvalue weighted by molar-refractivity contribution is 7.92. The molecule has 1 aromatic heterocycles. The highest BCUT2D eigenvalue weighted by Crippen LogP contribution is 2.44. The fourth-order valence-corrected chi connectivity index (χ4v) is 5.18. The third kappa shape index (κ3) is 3.78. The van der Waals surface area contributed by atoms with Crippen LogP contribution in [0.2, 0.25) is 0 Å². The lowest BCUT2D eigenvalue weighted by Crippen LogP contribution is -2.51. The molecule has 3 aromatic rings. The van der Waals surface area contributed by atoms with E-state index < -0.39 is 22.1 Å². The van der Waals surface area contributed by atoms with Crippen molar-refractivity contribution in [2.75, 3.05) is 22.7 Å². The number of benzene rings is 2. The van der Waals surface area contributed by atoms with Gasteiger partial charge in [-0.05, 0) is 65.1 Å². The summed E-state index contributed by atoms with van der Waals surface area (Å²) in [7, 11) is -4.11. The number of hydrogen-bond acceptors (Lipinski definition) is 8. The third-order valence-electron chi connectivity index (χ3n) is 5.61. The van der Waals surface area contributed by atoms with Gasteiger partial charge in [0.05, 0.1) is 33.6 Å². The van der Waals surface area contributed by atoms with Crippen molar-refractivity contribution < 1.29 is 23.4 Å². The van der Waals surface area contributed by atoms with Crippen LogP contribution in [0.1, 0.15) is 34.7 Å². The van der Waals surface area contributed by atoms with Crippen LogP contribution < -0.4 is 9.62 Å². The number of nitrogens with zero attached hydrogens (tertiary/aromatic N) is 5. The summed E-state index contributed by atoms with van der Waals surface area (Å²) in [6.07, 6.45) is 2.64. The lowest BCUT2D eigenvalue weighted by Gasteiger charge is -2.39. The Labute approximate surface area is 183 Å². The van der Waals surface area contributed by atoms with Crippen molar-refractivity contribution in [3.8, 4) is 5.69 Å². The van der Waals surface area contributed by atoms with Crippen molar-refractivity contribution in [1.29, 1.82) is 0 Å². The maximum Gasteiger partial charge on any atom is 0.335 e. The van der Waals surface area contributed by atoms with Crippen LogP contribution in [0.25, 0.3) is 5.69 Å². The molecule has 1 saturated heterocycles. The summed E-state index contributed by atoms with van der Waals surface area (Å²) >= 11 is 0. The van der Waals surface area contributed by atoms with E-state index in [-0.39, 0.29) is 22.1 Å². The molecule has 2 aromatic carbocycles. The van der Waals surface area contributed by atoms with Gasteiger partial charge in [0.15, 0.2) is 0 Å². The number of aromatic nitrogens is 4. The first-order chi connectivity index (χ1) is 15.3. The molecule has 32 heavy (non-hydrogen) atoms. The number of carboxylic acid groups (broad SMARTS) is 1. The van der Waals surface area contributed by atoms with Gasteiger partial charge in [0.25, 0.3) is 10.0 Å². The number of tetrazole rings is 1. The normalized spacial score (nSPS) is 16.6. The summed E-state index contributed by atoms with van der Waals surface area (Å²) in [5, 5.41) is 30.1.